The highest BCUT2D eigenvalue weighted by Gasteiger charge is 2.32. The number of amides is 1. The van der Waals surface area contributed by atoms with Crippen molar-refractivity contribution >= 4 is 23.5 Å². The molecule has 10 heteroatoms. The molecular weight excluding hydrogens is 457 g/mol. The summed E-state index contributed by atoms with van der Waals surface area (Å²) in [4.78, 5) is 20.3. The Morgan fingerprint density at radius 2 is 1.79 bits per heavy atom. The van der Waals surface area contributed by atoms with Gasteiger partial charge in [-0.1, -0.05) is 11.6 Å². The van der Waals surface area contributed by atoms with Crippen molar-refractivity contribution in [2.75, 3.05) is 37.6 Å². The van der Waals surface area contributed by atoms with Gasteiger partial charge < -0.3 is 15.0 Å². The number of carbonyl (C=O) groups is 1. The molecule has 3 rings (SSSR count). The van der Waals surface area contributed by atoms with Crippen molar-refractivity contribution in [1.82, 2.24) is 15.2 Å². The van der Waals surface area contributed by atoms with E-state index >= 15 is 0 Å². The Labute approximate surface area is 198 Å². The number of hydrogen-bond acceptors (Lipinski definition) is 5. The first-order chi connectivity index (χ1) is 15.4. The van der Waals surface area contributed by atoms with E-state index in [-0.39, 0.29) is 17.2 Å². The summed E-state index contributed by atoms with van der Waals surface area (Å²) in [5.74, 6) is 1.06. The number of anilines is 1. The van der Waals surface area contributed by atoms with Gasteiger partial charge in [-0.3, -0.25) is 4.90 Å². The van der Waals surface area contributed by atoms with Gasteiger partial charge in [0.25, 0.3) is 0 Å². The predicted octanol–water partition coefficient (Wildman–Crippen LogP) is 5.35. The number of nitrogens with zero attached hydrogens (tertiary/aromatic N) is 3. The van der Waals surface area contributed by atoms with Gasteiger partial charge in [-0.15, -0.1) is 0 Å². The van der Waals surface area contributed by atoms with E-state index in [1.165, 1.54) is 0 Å². The number of pyridine rings is 1. The van der Waals surface area contributed by atoms with Crippen molar-refractivity contribution in [1.29, 1.82) is 0 Å². The molecular formula is C23H34ClF3N4O2. The van der Waals surface area contributed by atoms with E-state index in [0.717, 1.165) is 64.0 Å². The lowest BCUT2D eigenvalue weighted by atomic mass is 9.84. The van der Waals surface area contributed by atoms with Crippen LogP contribution in [0.5, 0.6) is 0 Å². The van der Waals surface area contributed by atoms with E-state index < -0.39 is 17.3 Å². The number of alkyl carbamates (subject to hydrolysis) is 1. The summed E-state index contributed by atoms with van der Waals surface area (Å²) in [6, 6.07) is 1.13. The Hall–Kier alpha value is -1.74. The third kappa shape index (κ3) is 7.91. The number of nitrogens with one attached hydrogen (secondary N) is 1. The Bertz CT molecular complexity index is 800. The molecule has 0 spiro atoms. The minimum absolute atomic E-state index is 0.0371. The van der Waals surface area contributed by atoms with Crippen LogP contribution in [0.4, 0.5) is 23.8 Å². The van der Waals surface area contributed by atoms with Gasteiger partial charge in [-0.2, -0.15) is 13.2 Å². The van der Waals surface area contributed by atoms with Gasteiger partial charge in [0.15, 0.2) is 0 Å². The molecule has 0 bridgehead atoms. The number of ether oxygens (including phenoxy) is 1. The van der Waals surface area contributed by atoms with Crippen molar-refractivity contribution in [3.63, 3.8) is 0 Å². The van der Waals surface area contributed by atoms with Crippen LogP contribution >= 0.6 is 11.6 Å². The lowest BCUT2D eigenvalue weighted by molar-refractivity contribution is -0.137. The predicted molar refractivity (Wildman–Crippen MR) is 123 cm³/mol. The standard InChI is InChI=1S/C23H34ClF3N4O2/c1-22(2,3)33-21(32)29-18-6-4-16(5-7-18)8-9-30-10-12-31(13-11-30)20-19(24)14-17(15-28-20)23(25,26)27/h14-16,18H,4-13H2,1-3H3,(H,29,32)/t16-,18-. The molecule has 1 saturated heterocycles. The highest BCUT2D eigenvalue weighted by molar-refractivity contribution is 6.33. The lowest BCUT2D eigenvalue weighted by Crippen LogP contribution is -2.47. The maximum atomic E-state index is 12.8. The van der Waals surface area contributed by atoms with Crippen molar-refractivity contribution in [2.24, 2.45) is 5.92 Å². The van der Waals surface area contributed by atoms with Gasteiger partial charge in [0.2, 0.25) is 0 Å². The topological polar surface area (TPSA) is 57.7 Å². The second-order valence-electron chi connectivity index (χ2n) is 10.0. The maximum absolute atomic E-state index is 12.8. The van der Waals surface area contributed by atoms with Crippen LogP contribution in [0.25, 0.3) is 0 Å². The van der Waals surface area contributed by atoms with Gasteiger partial charge in [-0.25, -0.2) is 9.78 Å². The second kappa shape index (κ2) is 10.7. The molecule has 1 N–H and O–H groups in total. The molecule has 1 aliphatic heterocycles. The van der Waals surface area contributed by atoms with Crippen LogP contribution in [0.1, 0.15) is 58.4 Å². The second-order valence-corrected chi connectivity index (χ2v) is 10.4. The van der Waals surface area contributed by atoms with Gasteiger partial charge >= 0.3 is 12.3 Å². The van der Waals surface area contributed by atoms with Gasteiger partial charge in [0, 0.05) is 38.4 Å². The summed E-state index contributed by atoms with van der Waals surface area (Å²) in [6.45, 7) is 9.60. The first-order valence-electron chi connectivity index (χ1n) is 11.6. The molecule has 2 fully saturated rings. The monoisotopic (exact) mass is 490 g/mol. The third-order valence-corrected chi connectivity index (χ3v) is 6.52. The van der Waals surface area contributed by atoms with E-state index in [4.69, 9.17) is 16.3 Å². The largest absolute Gasteiger partial charge is 0.444 e. The Kier molecular flexibility index (Phi) is 8.37. The zero-order valence-electron chi connectivity index (χ0n) is 19.6. The molecule has 0 radical (unpaired) electrons. The Morgan fingerprint density at radius 3 is 2.33 bits per heavy atom. The third-order valence-electron chi connectivity index (χ3n) is 6.24. The lowest BCUT2D eigenvalue weighted by Gasteiger charge is -2.37. The number of hydrogen-bond donors (Lipinski definition) is 1. The molecule has 1 aromatic rings. The maximum Gasteiger partial charge on any atom is 0.417 e. The zero-order valence-corrected chi connectivity index (χ0v) is 20.3. The average Bonchev–Trinajstić information content (AvgIpc) is 2.71. The number of piperazine rings is 1. The fourth-order valence-corrected chi connectivity index (χ4v) is 4.72. The molecule has 1 amide bonds. The summed E-state index contributed by atoms with van der Waals surface area (Å²) in [6.07, 6.45) is 1.29. The van der Waals surface area contributed by atoms with E-state index in [0.29, 0.717) is 24.8 Å². The number of rotatable bonds is 5. The summed E-state index contributed by atoms with van der Waals surface area (Å²) in [5, 5.41) is 3.02. The van der Waals surface area contributed by atoms with E-state index in [9.17, 15) is 18.0 Å². The molecule has 0 atom stereocenters. The SMILES string of the molecule is CC(C)(C)OC(=O)N[C@H]1CC[C@H](CCN2CCN(c3ncc(C(F)(F)F)cc3Cl)CC2)CC1. The fourth-order valence-electron chi connectivity index (χ4n) is 4.44. The van der Waals surface area contributed by atoms with Crippen LogP contribution in [-0.2, 0) is 10.9 Å². The normalized spacial score (nSPS) is 22.8. The highest BCUT2D eigenvalue weighted by Crippen LogP contribution is 2.34. The smallest absolute Gasteiger partial charge is 0.417 e. The van der Waals surface area contributed by atoms with Gasteiger partial charge in [0.1, 0.15) is 11.4 Å². The van der Waals surface area contributed by atoms with Crippen LogP contribution in [0.2, 0.25) is 5.02 Å². The fraction of sp³-hybridized carbons (Fsp3) is 0.739. The van der Waals surface area contributed by atoms with Gasteiger partial charge in [-0.05, 0) is 71.4 Å². The first kappa shape index (κ1) is 25.9. The molecule has 2 aliphatic rings. The summed E-state index contributed by atoms with van der Waals surface area (Å²) in [5.41, 5.74) is -1.31. The first-order valence-corrected chi connectivity index (χ1v) is 12.0. The summed E-state index contributed by atoms with van der Waals surface area (Å²) >= 11 is 6.09. The molecule has 0 aromatic carbocycles. The zero-order chi connectivity index (χ0) is 24.2. The molecule has 1 aromatic heterocycles. The molecule has 0 unspecified atom stereocenters. The van der Waals surface area contributed by atoms with Crippen LogP contribution in [0, 0.1) is 5.92 Å². The molecule has 1 saturated carbocycles. The highest BCUT2D eigenvalue weighted by atomic mass is 35.5. The molecule has 2 heterocycles. The van der Waals surface area contributed by atoms with E-state index in [2.05, 4.69) is 15.2 Å². The number of halogens is 4. The van der Waals surface area contributed by atoms with E-state index in [1.807, 2.05) is 25.7 Å². The average molecular weight is 491 g/mol. The van der Waals surface area contributed by atoms with Crippen LogP contribution in [-0.4, -0.2) is 60.3 Å². The molecule has 1 aliphatic carbocycles. The van der Waals surface area contributed by atoms with Crippen molar-refractivity contribution in [3.8, 4) is 0 Å². The number of aromatic nitrogens is 1. The summed E-state index contributed by atoms with van der Waals surface area (Å²) < 4.78 is 43.8. The molecule has 186 valence electrons. The minimum atomic E-state index is -4.45. The van der Waals surface area contributed by atoms with Crippen LogP contribution in [0.3, 0.4) is 0 Å². The van der Waals surface area contributed by atoms with Crippen LogP contribution < -0.4 is 10.2 Å². The quantitative estimate of drug-likeness (QED) is 0.603. The van der Waals surface area contributed by atoms with Crippen LogP contribution in [0.15, 0.2) is 12.3 Å². The number of alkyl halides is 3. The summed E-state index contributed by atoms with van der Waals surface area (Å²) in [7, 11) is 0. The Morgan fingerprint density at radius 1 is 1.15 bits per heavy atom. The van der Waals surface area contributed by atoms with Crippen molar-refractivity contribution in [2.45, 2.75) is 70.7 Å². The Balaban J connectivity index is 1.37. The van der Waals surface area contributed by atoms with Crippen molar-refractivity contribution in [3.05, 3.63) is 22.8 Å². The molecule has 6 nitrogen and oxygen atoms in total. The number of carbonyl (C=O) groups excluding carboxylic acids is 1. The molecule has 33 heavy (non-hydrogen) atoms. The van der Waals surface area contributed by atoms with E-state index in [1.54, 1.807) is 0 Å². The van der Waals surface area contributed by atoms with Crippen molar-refractivity contribution < 1.29 is 22.7 Å². The minimum Gasteiger partial charge on any atom is -0.444 e. The van der Waals surface area contributed by atoms with Gasteiger partial charge in [0.05, 0.1) is 10.6 Å².